The summed E-state index contributed by atoms with van der Waals surface area (Å²) in [7, 11) is 0. The van der Waals surface area contributed by atoms with E-state index in [2.05, 4.69) is 26.1 Å². The number of nitrogens with one attached hydrogen (secondary N) is 1. The minimum atomic E-state index is 0.533. The highest BCUT2D eigenvalue weighted by Gasteiger charge is 2.31. The average molecular weight is 267 g/mol. The first-order valence-corrected chi connectivity index (χ1v) is 8.49. The van der Waals surface area contributed by atoms with Crippen molar-refractivity contribution >= 4 is 0 Å². The summed E-state index contributed by atoms with van der Waals surface area (Å²) in [6.07, 6.45) is 8.56. The summed E-state index contributed by atoms with van der Waals surface area (Å²) in [4.78, 5) is 0. The lowest BCUT2D eigenvalue weighted by Gasteiger charge is -2.37. The molecule has 2 fully saturated rings. The van der Waals surface area contributed by atoms with Gasteiger partial charge in [-0.05, 0) is 68.9 Å². The number of ether oxygens (including phenoxy) is 1. The van der Waals surface area contributed by atoms with Crippen molar-refractivity contribution in [2.24, 2.45) is 23.7 Å². The normalized spacial score (nSPS) is 33.8. The second kappa shape index (κ2) is 7.64. The maximum Gasteiger partial charge on any atom is 0.0608 e. The van der Waals surface area contributed by atoms with Crippen molar-refractivity contribution in [1.29, 1.82) is 0 Å². The summed E-state index contributed by atoms with van der Waals surface area (Å²) in [5.74, 6) is 3.33. The Morgan fingerprint density at radius 2 is 1.84 bits per heavy atom. The molecule has 1 heterocycles. The standard InChI is InChI=1S/C17H33NO/c1-13(2)16-5-4-14(3)12-17(16)19-11-8-15-6-9-18-10-7-15/h13-18H,4-12H2,1-3H3. The quantitative estimate of drug-likeness (QED) is 0.817. The molecule has 1 N–H and O–H groups in total. The molecule has 1 aliphatic heterocycles. The van der Waals surface area contributed by atoms with Crippen LogP contribution in [0, 0.1) is 23.7 Å². The third kappa shape index (κ3) is 4.75. The smallest absolute Gasteiger partial charge is 0.0608 e. The number of hydrogen-bond donors (Lipinski definition) is 1. The highest BCUT2D eigenvalue weighted by molar-refractivity contribution is 4.81. The van der Waals surface area contributed by atoms with Crippen molar-refractivity contribution in [3.8, 4) is 0 Å². The summed E-state index contributed by atoms with van der Waals surface area (Å²) in [6.45, 7) is 10.5. The molecular weight excluding hydrogens is 234 g/mol. The minimum Gasteiger partial charge on any atom is -0.378 e. The molecule has 2 rings (SSSR count). The van der Waals surface area contributed by atoms with Crippen LogP contribution in [-0.4, -0.2) is 25.8 Å². The van der Waals surface area contributed by atoms with E-state index in [0.717, 1.165) is 30.3 Å². The highest BCUT2D eigenvalue weighted by atomic mass is 16.5. The van der Waals surface area contributed by atoms with E-state index >= 15 is 0 Å². The van der Waals surface area contributed by atoms with Crippen LogP contribution in [0.2, 0.25) is 0 Å². The Labute approximate surface area is 119 Å². The van der Waals surface area contributed by atoms with E-state index in [1.165, 1.54) is 51.6 Å². The van der Waals surface area contributed by atoms with Gasteiger partial charge in [-0.1, -0.05) is 27.2 Å². The number of piperidine rings is 1. The fourth-order valence-electron chi connectivity index (χ4n) is 3.86. The molecule has 3 unspecified atom stereocenters. The summed E-state index contributed by atoms with van der Waals surface area (Å²) in [6, 6.07) is 0. The molecule has 0 aromatic rings. The van der Waals surface area contributed by atoms with Crippen LogP contribution < -0.4 is 5.32 Å². The topological polar surface area (TPSA) is 21.3 Å². The molecule has 0 spiro atoms. The Balaban J connectivity index is 1.72. The third-order valence-electron chi connectivity index (χ3n) is 5.28. The van der Waals surface area contributed by atoms with Crippen molar-refractivity contribution in [3.63, 3.8) is 0 Å². The maximum atomic E-state index is 6.31. The summed E-state index contributed by atoms with van der Waals surface area (Å²) < 4.78 is 6.31. The maximum absolute atomic E-state index is 6.31. The summed E-state index contributed by atoms with van der Waals surface area (Å²) in [5, 5.41) is 3.44. The van der Waals surface area contributed by atoms with E-state index in [9.17, 15) is 0 Å². The zero-order valence-electron chi connectivity index (χ0n) is 13.2. The Kier molecular flexibility index (Phi) is 6.15. The largest absolute Gasteiger partial charge is 0.378 e. The van der Waals surface area contributed by atoms with Gasteiger partial charge >= 0.3 is 0 Å². The van der Waals surface area contributed by atoms with E-state index in [-0.39, 0.29) is 0 Å². The van der Waals surface area contributed by atoms with Gasteiger partial charge in [0.2, 0.25) is 0 Å². The second-order valence-electron chi connectivity index (χ2n) is 7.22. The van der Waals surface area contributed by atoms with E-state index in [1.807, 2.05) is 0 Å². The van der Waals surface area contributed by atoms with E-state index in [1.54, 1.807) is 0 Å². The zero-order chi connectivity index (χ0) is 13.7. The predicted molar refractivity (Wildman–Crippen MR) is 81.3 cm³/mol. The van der Waals surface area contributed by atoms with Gasteiger partial charge in [-0.3, -0.25) is 0 Å². The van der Waals surface area contributed by atoms with Crippen LogP contribution in [0.3, 0.4) is 0 Å². The average Bonchev–Trinajstić information content (AvgIpc) is 2.39. The first kappa shape index (κ1) is 15.3. The molecule has 0 aromatic carbocycles. The van der Waals surface area contributed by atoms with Gasteiger partial charge in [-0.25, -0.2) is 0 Å². The van der Waals surface area contributed by atoms with Crippen molar-refractivity contribution in [2.75, 3.05) is 19.7 Å². The van der Waals surface area contributed by atoms with Crippen molar-refractivity contribution in [1.82, 2.24) is 5.32 Å². The fourth-order valence-corrected chi connectivity index (χ4v) is 3.86. The van der Waals surface area contributed by atoms with Crippen LogP contribution >= 0.6 is 0 Å². The van der Waals surface area contributed by atoms with E-state index in [0.29, 0.717) is 6.10 Å². The molecule has 1 saturated carbocycles. The molecule has 2 heteroatoms. The monoisotopic (exact) mass is 267 g/mol. The Hall–Kier alpha value is -0.0800. The van der Waals surface area contributed by atoms with E-state index < -0.39 is 0 Å². The molecule has 3 atom stereocenters. The van der Waals surface area contributed by atoms with Gasteiger partial charge in [0.05, 0.1) is 6.10 Å². The van der Waals surface area contributed by atoms with Gasteiger partial charge in [0.25, 0.3) is 0 Å². The molecule has 112 valence electrons. The summed E-state index contributed by atoms with van der Waals surface area (Å²) in [5.41, 5.74) is 0. The van der Waals surface area contributed by atoms with E-state index in [4.69, 9.17) is 4.74 Å². The Bertz CT molecular complexity index is 248. The molecular formula is C17H33NO. The van der Waals surface area contributed by atoms with Crippen LogP contribution in [-0.2, 0) is 4.74 Å². The van der Waals surface area contributed by atoms with Gasteiger partial charge < -0.3 is 10.1 Å². The van der Waals surface area contributed by atoms with Gasteiger partial charge in [0.15, 0.2) is 0 Å². The van der Waals surface area contributed by atoms with Crippen LogP contribution in [0.4, 0.5) is 0 Å². The van der Waals surface area contributed by atoms with Crippen molar-refractivity contribution in [3.05, 3.63) is 0 Å². The van der Waals surface area contributed by atoms with Crippen molar-refractivity contribution < 1.29 is 4.74 Å². The van der Waals surface area contributed by atoms with Crippen LogP contribution in [0.1, 0.15) is 59.3 Å². The predicted octanol–water partition coefficient (Wildman–Crippen LogP) is 3.85. The van der Waals surface area contributed by atoms with Crippen LogP contribution in [0.5, 0.6) is 0 Å². The molecule has 19 heavy (non-hydrogen) atoms. The highest BCUT2D eigenvalue weighted by Crippen LogP contribution is 2.35. The first-order chi connectivity index (χ1) is 9.16. The molecule has 0 radical (unpaired) electrons. The Morgan fingerprint density at radius 1 is 1.11 bits per heavy atom. The Morgan fingerprint density at radius 3 is 2.53 bits per heavy atom. The van der Waals surface area contributed by atoms with Gasteiger partial charge in [-0.15, -0.1) is 0 Å². The third-order valence-corrected chi connectivity index (χ3v) is 5.28. The van der Waals surface area contributed by atoms with Crippen LogP contribution in [0.15, 0.2) is 0 Å². The molecule has 1 saturated heterocycles. The second-order valence-corrected chi connectivity index (χ2v) is 7.22. The molecule has 0 aromatic heterocycles. The number of rotatable bonds is 5. The number of hydrogen-bond acceptors (Lipinski definition) is 2. The van der Waals surface area contributed by atoms with Gasteiger partial charge in [0.1, 0.15) is 0 Å². The lowest BCUT2D eigenvalue weighted by Crippen LogP contribution is -2.35. The molecule has 1 aliphatic carbocycles. The lowest BCUT2D eigenvalue weighted by atomic mass is 9.75. The molecule has 0 bridgehead atoms. The van der Waals surface area contributed by atoms with Gasteiger partial charge in [-0.2, -0.15) is 0 Å². The fraction of sp³-hybridized carbons (Fsp3) is 1.00. The zero-order valence-corrected chi connectivity index (χ0v) is 13.2. The van der Waals surface area contributed by atoms with Crippen LogP contribution in [0.25, 0.3) is 0 Å². The lowest BCUT2D eigenvalue weighted by molar-refractivity contribution is -0.0431. The van der Waals surface area contributed by atoms with Gasteiger partial charge in [0, 0.05) is 6.61 Å². The minimum absolute atomic E-state index is 0.533. The molecule has 0 amide bonds. The van der Waals surface area contributed by atoms with Crippen molar-refractivity contribution in [2.45, 2.75) is 65.4 Å². The molecule has 2 aliphatic rings. The summed E-state index contributed by atoms with van der Waals surface area (Å²) >= 11 is 0. The SMILES string of the molecule is CC1CCC(C(C)C)C(OCCC2CCNCC2)C1. The molecule has 2 nitrogen and oxygen atoms in total. The first-order valence-electron chi connectivity index (χ1n) is 8.49.